The molecular weight excluding hydrogens is 405 g/mol. The zero-order chi connectivity index (χ0) is 21.0. The zero-order valence-electron chi connectivity index (χ0n) is 16.0. The fourth-order valence-electron chi connectivity index (χ4n) is 4.18. The maximum atomic E-state index is 14.8. The van der Waals surface area contributed by atoms with Gasteiger partial charge in [0.05, 0.1) is 16.2 Å². The molecule has 7 heteroatoms. The van der Waals surface area contributed by atoms with Gasteiger partial charge in [-0.05, 0) is 36.3 Å². The number of rotatable bonds is 2. The Kier molecular flexibility index (Phi) is 4.25. The summed E-state index contributed by atoms with van der Waals surface area (Å²) in [5, 5.41) is 5.71. The van der Waals surface area contributed by atoms with Crippen molar-refractivity contribution in [2.24, 2.45) is 0 Å². The summed E-state index contributed by atoms with van der Waals surface area (Å²) in [6.45, 7) is 2.42. The molecule has 1 aromatic heterocycles. The Morgan fingerprint density at radius 1 is 1.03 bits per heavy atom. The van der Waals surface area contributed by atoms with Crippen LogP contribution in [0.1, 0.15) is 32.9 Å². The standard InChI is InChI=1S/C23H17ClFN3O2/c1-11-18(27-17-8-9-26-23(30)19(11)17)10-14-20-12(4-3-7-16(20)28-22(14)29)13-5-2-6-15(24)21(13)25/h2-7,10,27H,8-9H2,1H3,(H,26,30)(H,28,29)/b14-10-. The lowest BCUT2D eigenvalue weighted by molar-refractivity contribution is -0.110. The van der Waals surface area contributed by atoms with Crippen LogP contribution in [0.25, 0.3) is 22.8 Å². The van der Waals surface area contributed by atoms with E-state index in [1.54, 1.807) is 36.4 Å². The summed E-state index contributed by atoms with van der Waals surface area (Å²) in [7, 11) is 0. The van der Waals surface area contributed by atoms with Crippen molar-refractivity contribution in [2.45, 2.75) is 13.3 Å². The highest BCUT2D eigenvalue weighted by Crippen LogP contribution is 2.42. The number of nitrogens with one attached hydrogen (secondary N) is 3. The molecule has 0 aliphatic carbocycles. The summed E-state index contributed by atoms with van der Waals surface area (Å²) in [6, 6.07) is 10.1. The fraction of sp³-hybridized carbons (Fsp3) is 0.130. The molecule has 0 spiro atoms. The average molecular weight is 422 g/mol. The minimum atomic E-state index is -0.533. The number of benzene rings is 2. The Hall–Kier alpha value is -3.38. The number of amides is 2. The van der Waals surface area contributed by atoms with Crippen molar-refractivity contribution in [1.29, 1.82) is 0 Å². The molecule has 0 fully saturated rings. The third kappa shape index (κ3) is 2.75. The lowest BCUT2D eigenvalue weighted by Gasteiger charge is -2.12. The van der Waals surface area contributed by atoms with E-state index in [1.807, 2.05) is 6.92 Å². The summed E-state index contributed by atoms with van der Waals surface area (Å²) in [4.78, 5) is 28.3. The first-order valence-corrected chi connectivity index (χ1v) is 9.94. The summed E-state index contributed by atoms with van der Waals surface area (Å²) in [6.07, 6.45) is 2.43. The minimum absolute atomic E-state index is 0.0202. The van der Waals surface area contributed by atoms with Gasteiger partial charge in [0, 0.05) is 41.2 Å². The Balaban J connectivity index is 1.70. The molecule has 0 bridgehead atoms. The largest absolute Gasteiger partial charge is 0.358 e. The first-order valence-electron chi connectivity index (χ1n) is 9.56. The Morgan fingerprint density at radius 3 is 2.60 bits per heavy atom. The third-order valence-corrected chi connectivity index (χ3v) is 5.90. The van der Waals surface area contributed by atoms with Crippen LogP contribution in [0.15, 0.2) is 36.4 Å². The van der Waals surface area contributed by atoms with Crippen molar-refractivity contribution >= 4 is 40.8 Å². The SMILES string of the molecule is Cc1c(/C=C2\C(=O)Nc3cccc(-c4cccc(Cl)c4F)c32)[nH]c2c1C(=O)NCC2. The average Bonchev–Trinajstić information content (AvgIpc) is 3.22. The van der Waals surface area contributed by atoms with Crippen molar-refractivity contribution in [1.82, 2.24) is 10.3 Å². The van der Waals surface area contributed by atoms with Gasteiger partial charge in [-0.25, -0.2) is 4.39 Å². The van der Waals surface area contributed by atoms with Gasteiger partial charge in [-0.15, -0.1) is 0 Å². The molecule has 0 atom stereocenters. The van der Waals surface area contributed by atoms with Crippen LogP contribution in [-0.2, 0) is 11.2 Å². The van der Waals surface area contributed by atoms with Gasteiger partial charge in [-0.3, -0.25) is 9.59 Å². The molecule has 5 rings (SSSR count). The highest BCUT2D eigenvalue weighted by Gasteiger charge is 2.30. The number of H-pyrrole nitrogens is 1. The molecular formula is C23H17ClFN3O2. The van der Waals surface area contributed by atoms with Crippen LogP contribution in [0.2, 0.25) is 5.02 Å². The fourth-order valence-corrected chi connectivity index (χ4v) is 4.35. The van der Waals surface area contributed by atoms with Crippen molar-refractivity contribution < 1.29 is 14.0 Å². The van der Waals surface area contributed by atoms with E-state index in [4.69, 9.17) is 11.6 Å². The number of hydrogen-bond donors (Lipinski definition) is 3. The highest BCUT2D eigenvalue weighted by molar-refractivity contribution is 6.36. The van der Waals surface area contributed by atoms with Crippen LogP contribution >= 0.6 is 11.6 Å². The summed E-state index contributed by atoms with van der Waals surface area (Å²) in [5.74, 6) is -0.932. The molecule has 150 valence electrons. The maximum Gasteiger partial charge on any atom is 0.256 e. The molecule has 30 heavy (non-hydrogen) atoms. The summed E-state index contributed by atoms with van der Waals surface area (Å²) >= 11 is 5.99. The van der Waals surface area contributed by atoms with Crippen molar-refractivity contribution in [3.63, 3.8) is 0 Å². The van der Waals surface area contributed by atoms with Gasteiger partial charge in [0.15, 0.2) is 0 Å². The van der Waals surface area contributed by atoms with E-state index in [1.165, 1.54) is 6.07 Å². The van der Waals surface area contributed by atoms with E-state index in [2.05, 4.69) is 15.6 Å². The molecule has 2 aliphatic rings. The van der Waals surface area contributed by atoms with E-state index in [0.717, 1.165) is 11.3 Å². The number of carbonyl (C=O) groups is 2. The van der Waals surface area contributed by atoms with E-state index in [0.29, 0.717) is 52.2 Å². The number of halogens is 2. The van der Waals surface area contributed by atoms with Crippen LogP contribution in [-0.4, -0.2) is 23.3 Å². The van der Waals surface area contributed by atoms with Gasteiger partial charge in [-0.1, -0.05) is 35.9 Å². The lowest BCUT2D eigenvalue weighted by Crippen LogP contribution is -2.31. The van der Waals surface area contributed by atoms with Crippen LogP contribution in [0.4, 0.5) is 10.1 Å². The van der Waals surface area contributed by atoms with Gasteiger partial charge in [0.2, 0.25) is 0 Å². The van der Waals surface area contributed by atoms with Crippen LogP contribution in [0.5, 0.6) is 0 Å². The summed E-state index contributed by atoms with van der Waals surface area (Å²) in [5.41, 5.74) is 5.47. The number of anilines is 1. The molecule has 2 aromatic carbocycles. The second-order valence-electron chi connectivity index (χ2n) is 7.36. The Bertz CT molecular complexity index is 1280. The van der Waals surface area contributed by atoms with E-state index < -0.39 is 5.82 Å². The smallest absolute Gasteiger partial charge is 0.256 e. The first-order chi connectivity index (χ1) is 14.5. The monoisotopic (exact) mass is 421 g/mol. The van der Waals surface area contributed by atoms with E-state index in [9.17, 15) is 14.0 Å². The summed E-state index contributed by atoms with van der Waals surface area (Å²) < 4.78 is 14.8. The van der Waals surface area contributed by atoms with Crippen LogP contribution in [0, 0.1) is 12.7 Å². The number of fused-ring (bicyclic) bond motifs is 2. The minimum Gasteiger partial charge on any atom is -0.358 e. The molecule has 0 unspecified atom stereocenters. The quantitative estimate of drug-likeness (QED) is 0.530. The second-order valence-corrected chi connectivity index (χ2v) is 7.77. The van der Waals surface area contributed by atoms with Crippen LogP contribution < -0.4 is 10.6 Å². The van der Waals surface area contributed by atoms with Gasteiger partial charge in [-0.2, -0.15) is 0 Å². The predicted molar refractivity (Wildman–Crippen MR) is 115 cm³/mol. The van der Waals surface area contributed by atoms with Crippen LogP contribution in [0.3, 0.4) is 0 Å². The topological polar surface area (TPSA) is 74.0 Å². The Morgan fingerprint density at radius 2 is 1.80 bits per heavy atom. The third-order valence-electron chi connectivity index (χ3n) is 5.61. The lowest BCUT2D eigenvalue weighted by atomic mass is 9.93. The van der Waals surface area contributed by atoms with Gasteiger partial charge in [0.25, 0.3) is 11.8 Å². The molecule has 2 amide bonds. The van der Waals surface area contributed by atoms with Gasteiger partial charge >= 0.3 is 0 Å². The molecule has 0 saturated carbocycles. The normalized spacial score (nSPS) is 16.3. The predicted octanol–water partition coefficient (Wildman–Crippen LogP) is 4.56. The molecule has 5 nitrogen and oxygen atoms in total. The number of aromatic amines is 1. The molecule has 3 heterocycles. The molecule has 0 radical (unpaired) electrons. The number of hydrogen-bond acceptors (Lipinski definition) is 2. The molecule has 2 aliphatic heterocycles. The number of carbonyl (C=O) groups excluding carboxylic acids is 2. The highest BCUT2D eigenvalue weighted by atomic mass is 35.5. The first kappa shape index (κ1) is 18.6. The molecule has 3 N–H and O–H groups in total. The van der Waals surface area contributed by atoms with E-state index in [-0.39, 0.29) is 16.8 Å². The zero-order valence-corrected chi connectivity index (χ0v) is 16.8. The van der Waals surface area contributed by atoms with Crippen molar-refractivity contribution in [3.05, 3.63) is 75.3 Å². The van der Waals surface area contributed by atoms with Crippen molar-refractivity contribution in [2.75, 3.05) is 11.9 Å². The second kappa shape index (κ2) is 6.85. The molecule has 3 aromatic rings. The maximum absolute atomic E-state index is 14.8. The molecule has 0 saturated heterocycles. The number of aromatic nitrogens is 1. The van der Waals surface area contributed by atoms with E-state index >= 15 is 0 Å². The van der Waals surface area contributed by atoms with Gasteiger partial charge in [0.1, 0.15) is 5.82 Å². The Labute approximate surface area is 176 Å². The van der Waals surface area contributed by atoms with Gasteiger partial charge < -0.3 is 15.6 Å². The van der Waals surface area contributed by atoms with Crippen molar-refractivity contribution in [3.8, 4) is 11.1 Å².